The van der Waals surface area contributed by atoms with Gasteiger partial charge in [-0.25, -0.2) is 9.78 Å². The molecule has 26 heavy (non-hydrogen) atoms. The van der Waals surface area contributed by atoms with Crippen molar-refractivity contribution in [1.29, 1.82) is 0 Å². The molecule has 0 bridgehead atoms. The summed E-state index contributed by atoms with van der Waals surface area (Å²) in [5.74, 6) is 2.24. The predicted molar refractivity (Wildman–Crippen MR) is 102 cm³/mol. The maximum Gasteiger partial charge on any atom is 0.319 e. The number of aryl methyl sites for hydroxylation is 1. The van der Waals surface area contributed by atoms with Gasteiger partial charge in [-0.15, -0.1) is 0 Å². The quantitative estimate of drug-likeness (QED) is 0.808. The summed E-state index contributed by atoms with van der Waals surface area (Å²) >= 11 is 0. The fourth-order valence-electron chi connectivity index (χ4n) is 4.34. The Balaban J connectivity index is 1.67. The van der Waals surface area contributed by atoms with E-state index in [1.807, 2.05) is 11.1 Å². The highest BCUT2D eigenvalue weighted by molar-refractivity contribution is 5.74. The molecule has 2 fully saturated rings. The monoisotopic (exact) mass is 362 g/mol. The second kappa shape index (κ2) is 8.89. The summed E-state index contributed by atoms with van der Waals surface area (Å²) in [5, 5.41) is 0. The smallest absolute Gasteiger partial charge is 0.319 e. The number of hydrogen-bond acceptors (Lipinski definition) is 3. The Morgan fingerprint density at radius 2 is 2.00 bits per heavy atom. The van der Waals surface area contributed by atoms with E-state index in [0.29, 0.717) is 11.8 Å². The molecule has 0 N–H and O–H groups in total. The molecule has 2 saturated heterocycles. The lowest BCUT2D eigenvalue weighted by molar-refractivity contribution is 0.0821. The van der Waals surface area contributed by atoms with Crippen molar-refractivity contribution in [1.82, 2.24) is 19.4 Å². The Morgan fingerprint density at radius 3 is 2.69 bits per heavy atom. The molecule has 0 aromatic carbocycles. The molecular formula is C20H34N4O2. The van der Waals surface area contributed by atoms with E-state index >= 15 is 0 Å². The van der Waals surface area contributed by atoms with Crippen LogP contribution in [0.2, 0.25) is 0 Å². The van der Waals surface area contributed by atoms with Gasteiger partial charge in [0.1, 0.15) is 5.82 Å². The zero-order chi connectivity index (χ0) is 18.5. The van der Waals surface area contributed by atoms with Gasteiger partial charge >= 0.3 is 6.03 Å². The molecule has 1 unspecified atom stereocenters. The largest absolute Gasteiger partial charge is 0.381 e. The summed E-state index contributed by atoms with van der Waals surface area (Å²) in [6, 6.07) is 0.201. The van der Waals surface area contributed by atoms with Crippen LogP contribution >= 0.6 is 0 Å². The molecule has 2 amide bonds. The van der Waals surface area contributed by atoms with E-state index in [1.54, 1.807) is 0 Å². The van der Waals surface area contributed by atoms with Gasteiger partial charge in [-0.2, -0.15) is 0 Å². The average Bonchev–Trinajstić information content (AvgIpc) is 3.04. The molecule has 2 aliphatic heterocycles. The number of imidazole rings is 1. The lowest BCUT2D eigenvalue weighted by Crippen LogP contribution is -2.48. The van der Waals surface area contributed by atoms with Gasteiger partial charge in [-0.1, -0.05) is 0 Å². The summed E-state index contributed by atoms with van der Waals surface area (Å²) in [6.45, 7) is 12.2. The first-order valence-corrected chi connectivity index (χ1v) is 10.3. The summed E-state index contributed by atoms with van der Waals surface area (Å²) in [5.41, 5.74) is 1.23. The number of amides is 2. The third kappa shape index (κ3) is 4.22. The number of urea groups is 1. The molecule has 0 aliphatic carbocycles. The van der Waals surface area contributed by atoms with Gasteiger partial charge in [0, 0.05) is 63.7 Å². The molecule has 6 nitrogen and oxygen atoms in total. The first-order valence-electron chi connectivity index (χ1n) is 10.3. The predicted octanol–water partition coefficient (Wildman–Crippen LogP) is 3.26. The minimum Gasteiger partial charge on any atom is -0.381 e. The molecular weight excluding hydrogens is 328 g/mol. The molecule has 1 aromatic rings. The van der Waals surface area contributed by atoms with Gasteiger partial charge in [-0.05, 0) is 52.4 Å². The Labute approximate surface area is 157 Å². The second-order valence-electron chi connectivity index (χ2n) is 7.66. The van der Waals surface area contributed by atoms with Crippen LogP contribution in [0.5, 0.6) is 0 Å². The Bertz CT molecular complexity index is 591. The van der Waals surface area contributed by atoms with Crippen molar-refractivity contribution in [2.45, 2.75) is 58.9 Å². The number of piperidine rings is 1. The van der Waals surface area contributed by atoms with Gasteiger partial charge in [0.15, 0.2) is 0 Å². The summed E-state index contributed by atoms with van der Waals surface area (Å²) in [7, 11) is 0. The number of likely N-dealkylation sites (tertiary alicyclic amines) is 1. The molecule has 3 rings (SSSR count). The van der Waals surface area contributed by atoms with Crippen molar-refractivity contribution < 1.29 is 9.53 Å². The molecule has 0 radical (unpaired) electrons. The lowest BCUT2D eigenvalue weighted by Gasteiger charge is -2.36. The van der Waals surface area contributed by atoms with Crippen LogP contribution in [0.1, 0.15) is 57.0 Å². The van der Waals surface area contributed by atoms with Gasteiger partial charge in [0.25, 0.3) is 0 Å². The Hall–Kier alpha value is -1.56. The van der Waals surface area contributed by atoms with E-state index in [4.69, 9.17) is 9.72 Å². The van der Waals surface area contributed by atoms with Crippen molar-refractivity contribution in [3.05, 3.63) is 17.7 Å². The van der Waals surface area contributed by atoms with Crippen molar-refractivity contribution in [2.24, 2.45) is 5.92 Å². The van der Waals surface area contributed by atoms with E-state index in [9.17, 15) is 4.79 Å². The van der Waals surface area contributed by atoms with Crippen LogP contribution in [0.15, 0.2) is 6.20 Å². The van der Waals surface area contributed by atoms with Gasteiger partial charge in [-0.3, -0.25) is 0 Å². The van der Waals surface area contributed by atoms with Crippen LogP contribution in [0, 0.1) is 12.8 Å². The number of hydrogen-bond donors (Lipinski definition) is 0. The minimum atomic E-state index is 0.201. The van der Waals surface area contributed by atoms with Crippen LogP contribution in [0.3, 0.4) is 0 Å². The summed E-state index contributed by atoms with van der Waals surface area (Å²) < 4.78 is 7.92. The maximum absolute atomic E-state index is 12.7. The van der Waals surface area contributed by atoms with Crippen molar-refractivity contribution in [3.63, 3.8) is 0 Å². The van der Waals surface area contributed by atoms with E-state index in [2.05, 4.69) is 30.2 Å². The molecule has 0 saturated carbocycles. The topological polar surface area (TPSA) is 50.6 Å². The van der Waals surface area contributed by atoms with Crippen LogP contribution in [-0.2, 0) is 11.3 Å². The minimum absolute atomic E-state index is 0.201. The van der Waals surface area contributed by atoms with Crippen molar-refractivity contribution in [2.75, 3.05) is 39.4 Å². The van der Waals surface area contributed by atoms with Crippen LogP contribution in [0.4, 0.5) is 4.79 Å². The SMILES string of the molecule is CCN(CC)C(=O)N1CCCC(Cn2c(C)cnc2C2CCOCC2)C1. The normalized spacial score (nSPS) is 21.8. The second-order valence-corrected chi connectivity index (χ2v) is 7.66. The molecule has 1 aromatic heterocycles. The molecule has 2 aliphatic rings. The van der Waals surface area contributed by atoms with E-state index in [-0.39, 0.29) is 6.03 Å². The Kier molecular flexibility index (Phi) is 6.57. The third-order valence-electron chi connectivity index (χ3n) is 5.94. The first kappa shape index (κ1) is 19.2. The highest BCUT2D eigenvalue weighted by atomic mass is 16.5. The van der Waals surface area contributed by atoms with Gasteiger partial charge in [0.2, 0.25) is 0 Å². The fraction of sp³-hybridized carbons (Fsp3) is 0.800. The first-order chi connectivity index (χ1) is 12.6. The standard InChI is InChI=1S/C20H34N4O2/c1-4-22(5-2)20(25)23-10-6-7-17(14-23)15-24-16(3)13-21-19(24)18-8-11-26-12-9-18/h13,17-18H,4-12,14-15H2,1-3H3. The number of carbonyl (C=O) groups is 1. The number of rotatable bonds is 5. The number of nitrogens with zero attached hydrogens (tertiary/aromatic N) is 4. The lowest BCUT2D eigenvalue weighted by atomic mass is 9.96. The number of aromatic nitrogens is 2. The number of carbonyl (C=O) groups excluding carboxylic acids is 1. The van der Waals surface area contributed by atoms with E-state index < -0.39 is 0 Å². The highest BCUT2D eigenvalue weighted by Crippen LogP contribution is 2.28. The van der Waals surface area contributed by atoms with Crippen LogP contribution in [-0.4, -0.2) is 64.8 Å². The summed E-state index contributed by atoms with van der Waals surface area (Å²) in [6.07, 6.45) is 6.42. The third-order valence-corrected chi connectivity index (χ3v) is 5.94. The number of ether oxygens (including phenoxy) is 1. The molecule has 146 valence electrons. The molecule has 1 atom stereocenters. The average molecular weight is 363 g/mol. The highest BCUT2D eigenvalue weighted by Gasteiger charge is 2.28. The van der Waals surface area contributed by atoms with Crippen molar-refractivity contribution >= 4 is 6.03 Å². The molecule has 0 spiro atoms. The van der Waals surface area contributed by atoms with Gasteiger partial charge < -0.3 is 19.1 Å². The van der Waals surface area contributed by atoms with E-state index in [1.165, 1.54) is 17.9 Å². The van der Waals surface area contributed by atoms with Crippen molar-refractivity contribution in [3.8, 4) is 0 Å². The van der Waals surface area contributed by atoms with E-state index in [0.717, 1.165) is 65.2 Å². The fourth-order valence-corrected chi connectivity index (χ4v) is 4.34. The molecule has 3 heterocycles. The summed E-state index contributed by atoms with van der Waals surface area (Å²) in [4.78, 5) is 21.4. The zero-order valence-corrected chi connectivity index (χ0v) is 16.6. The molecule has 6 heteroatoms. The van der Waals surface area contributed by atoms with Crippen LogP contribution in [0.25, 0.3) is 0 Å². The Morgan fingerprint density at radius 1 is 1.27 bits per heavy atom. The zero-order valence-electron chi connectivity index (χ0n) is 16.6. The van der Waals surface area contributed by atoms with Crippen LogP contribution < -0.4 is 0 Å². The maximum atomic E-state index is 12.7. The van der Waals surface area contributed by atoms with Gasteiger partial charge in [0.05, 0.1) is 0 Å².